The molecule has 5 nitrogen and oxygen atoms in total. The molecule has 0 radical (unpaired) electrons. The zero-order valence-electron chi connectivity index (χ0n) is 15.2. The molecular formula is C20H23FN2O3. The van der Waals surface area contributed by atoms with Crippen molar-refractivity contribution in [2.75, 3.05) is 11.9 Å². The first-order valence-electron chi connectivity index (χ1n) is 8.46. The highest BCUT2D eigenvalue weighted by atomic mass is 19.1. The lowest BCUT2D eigenvalue weighted by Crippen LogP contribution is -2.30. The van der Waals surface area contributed by atoms with E-state index in [1.807, 2.05) is 25.1 Å². The maximum absolute atomic E-state index is 12.9. The van der Waals surface area contributed by atoms with Gasteiger partial charge in [0.25, 0.3) is 5.91 Å². The predicted molar refractivity (Wildman–Crippen MR) is 98.3 cm³/mol. The maximum Gasteiger partial charge on any atom is 0.265 e. The van der Waals surface area contributed by atoms with E-state index < -0.39 is 6.10 Å². The summed E-state index contributed by atoms with van der Waals surface area (Å²) in [5, 5.41) is 2.79. The fourth-order valence-corrected chi connectivity index (χ4v) is 2.43. The van der Waals surface area contributed by atoms with Crippen molar-refractivity contribution < 1.29 is 18.7 Å². The molecule has 2 rings (SSSR count). The molecule has 0 saturated carbocycles. The maximum atomic E-state index is 12.9. The second-order valence-corrected chi connectivity index (χ2v) is 5.94. The first-order chi connectivity index (χ1) is 12.4. The van der Waals surface area contributed by atoms with E-state index >= 15 is 0 Å². The molecule has 1 atom stereocenters. The largest absolute Gasteiger partial charge is 0.481 e. The zero-order valence-corrected chi connectivity index (χ0v) is 15.2. The Kier molecular flexibility index (Phi) is 6.72. The number of benzene rings is 2. The van der Waals surface area contributed by atoms with Gasteiger partial charge in [-0.15, -0.1) is 0 Å². The average Bonchev–Trinajstić information content (AvgIpc) is 2.61. The minimum absolute atomic E-state index is 0.00302. The molecule has 138 valence electrons. The summed E-state index contributed by atoms with van der Waals surface area (Å²) in [5.74, 6) is -0.255. The Labute approximate surface area is 152 Å². The normalized spacial score (nSPS) is 11.5. The van der Waals surface area contributed by atoms with Gasteiger partial charge in [0.05, 0.1) is 0 Å². The van der Waals surface area contributed by atoms with E-state index in [9.17, 15) is 14.0 Å². The topological polar surface area (TPSA) is 58.6 Å². The van der Waals surface area contributed by atoms with Crippen LogP contribution in [0, 0.1) is 5.82 Å². The third-order valence-electron chi connectivity index (χ3n) is 3.89. The number of nitrogens with zero attached hydrogens (tertiary/aromatic N) is 1. The van der Waals surface area contributed by atoms with Crippen LogP contribution in [-0.2, 0) is 16.1 Å². The van der Waals surface area contributed by atoms with Gasteiger partial charge in [-0.05, 0) is 55.8 Å². The van der Waals surface area contributed by atoms with E-state index in [0.29, 0.717) is 24.5 Å². The van der Waals surface area contributed by atoms with E-state index in [-0.39, 0.29) is 17.6 Å². The number of halogens is 1. The van der Waals surface area contributed by atoms with Gasteiger partial charge in [0.15, 0.2) is 6.10 Å². The number of rotatable bonds is 7. The average molecular weight is 358 g/mol. The minimum atomic E-state index is -0.742. The minimum Gasteiger partial charge on any atom is -0.481 e. The molecule has 0 aliphatic heterocycles. The van der Waals surface area contributed by atoms with E-state index in [1.54, 1.807) is 17.9 Å². The van der Waals surface area contributed by atoms with Crippen LogP contribution in [-0.4, -0.2) is 29.4 Å². The summed E-state index contributed by atoms with van der Waals surface area (Å²) in [6.45, 7) is 6.17. The highest BCUT2D eigenvalue weighted by molar-refractivity contribution is 5.94. The molecule has 0 aliphatic rings. The number of ether oxygens (including phenoxy) is 1. The standard InChI is InChI=1S/C20H23FN2O3/c1-4-23(15(3)24)13-16-6-5-7-18(12-16)22-20(25)14(2)26-19-10-8-17(21)9-11-19/h5-12,14H,4,13H2,1-3H3,(H,22,25). The lowest BCUT2D eigenvalue weighted by atomic mass is 10.2. The molecule has 2 aromatic carbocycles. The van der Waals surface area contributed by atoms with E-state index in [2.05, 4.69) is 5.32 Å². The van der Waals surface area contributed by atoms with Crippen LogP contribution in [0.25, 0.3) is 0 Å². The van der Waals surface area contributed by atoms with Gasteiger partial charge in [-0.25, -0.2) is 4.39 Å². The van der Waals surface area contributed by atoms with Crippen LogP contribution in [0.2, 0.25) is 0 Å². The van der Waals surface area contributed by atoms with Gasteiger partial charge in [0.1, 0.15) is 11.6 Å². The van der Waals surface area contributed by atoms with Crippen molar-refractivity contribution in [3.8, 4) is 5.75 Å². The number of nitrogens with one attached hydrogen (secondary N) is 1. The Hall–Kier alpha value is -2.89. The highest BCUT2D eigenvalue weighted by Gasteiger charge is 2.15. The first-order valence-corrected chi connectivity index (χ1v) is 8.46. The summed E-state index contributed by atoms with van der Waals surface area (Å²) in [6, 6.07) is 12.8. The molecule has 6 heteroatoms. The summed E-state index contributed by atoms with van der Waals surface area (Å²) in [7, 11) is 0. The Morgan fingerprint density at radius 1 is 1.19 bits per heavy atom. The van der Waals surface area contributed by atoms with Crippen LogP contribution < -0.4 is 10.1 Å². The van der Waals surface area contributed by atoms with Crippen molar-refractivity contribution in [3.63, 3.8) is 0 Å². The molecule has 2 aromatic rings. The Morgan fingerprint density at radius 2 is 1.88 bits per heavy atom. The van der Waals surface area contributed by atoms with Crippen molar-refractivity contribution in [3.05, 3.63) is 59.9 Å². The number of amides is 2. The number of anilines is 1. The second kappa shape index (κ2) is 8.99. The molecule has 0 fully saturated rings. The SMILES string of the molecule is CCN(Cc1cccc(NC(=O)C(C)Oc2ccc(F)cc2)c1)C(C)=O. The van der Waals surface area contributed by atoms with Gasteiger partial charge in [0.2, 0.25) is 5.91 Å². The number of carbonyl (C=O) groups excluding carboxylic acids is 2. The van der Waals surface area contributed by atoms with Gasteiger partial charge in [-0.1, -0.05) is 12.1 Å². The van der Waals surface area contributed by atoms with Crippen LogP contribution in [0.3, 0.4) is 0 Å². The molecule has 26 heavy (non-hydrogen) atoms. The summed E-state index contributed by atoms with van der Waals surface area (Å²) in [5.41, 5.74) is 1.55. The molecule has 2 amide bonds. The molecule has 0 aliphatic carbocycles. The van der Waals surface area contributed by atoms with Crippen LogP contribution >= 0.6 is 0 Å². The van der Waals surface area contributed by atoms with E-state index in [0.717, 1.165) is 5.56 Å². The van der Waals surface area contributed by atoms with Crippen molar-refractivity contribution in [2.24, 2.45) is 0 Å². The Balaban J connectivity index is 1.98. The molecule has 1 N–H and O–H groups in total. The summed E-state index contributed by atoms with van der Waals surface area (Å²) < 4.78 is 18.4. The van der Waals surface area contributed by atoms with Crippen molar-refractivity contribution >= 4 is 17.5 Å². The monoisotopic (exact) mass is 358 g/mol. The quantitative estimate of drug-likeness (QED) is 0.823. The van der Waals surface area contributed by atoms with Gasteiger partial charge < -0.3 is 15.0 Å². The Bertz CT molecular complexity index is 762. The van der Waals surface area contributed by atoms with Crippen molar-refractivity contribution in [2.45, 2.75) is 33.4 Å². The number of hydrogen-bond donors (Lipinski definition) is 1. The van der Waals surface area contributed by atoms with Crippen molar-refractivity contribution in [1.29, 1.82) is 0 Å². The third kappa shape index (κ3) is 5.58. The molecule has 0 bridgehead atoms. The van der Waals surface area contributed by atoms with Gasteiger partial charge in [-0.2, -0.15) is 0 Å². The lowest BCUT2D eigenvalue weighted by Gasteiger charge is -2.19. The van der Waals surface area contributed by atoms with Gasteiger partial charge in [0, 0.05) is 25.7 Å². The molecule has 0 heterocycles. The van der Waals surface area contributed by atoms with Crippen LogP contribution in [0.4, 0.5) is 10.1 Å². The summed E-state index contributed by atoms with van der Waals surface area (Å²) in [6.07, 6.45) is -0.742. The van der Waals surface area contributed by atoms with Crippen LogP contribution in [0.1, 0.15) is 26.3 Å². The van der Waals surface area contributed by atoms with E-state index in [4.69, 9.17) is 4.74 Å². The zero-order chi connectivity index (χ0) is 19.1. The Morgan fingerprint density at radius 3 is 2.50 bits per heavy atom. The molecule has 0 spiro atoms. The summed E-state index contributed by atoms with van der Waals surface area (Å²) in [4.78, 5) is 25.6. The van der Waals surface area contributed by atoms with Crippen molar-refractivity contribution in [1.82, 2.24) is 4.90 Å². The van der Waals surface area contributed by atoms with Crippen LogP contribution in [0.15, 0.2) is 48.5 Å². The third-order valence-corrected chi connectivity index (χ3v) is 3.89. The molecular weight excluding hydrogens is 335 g/mol. The lowest BCUT2D eigenvalue weighted by molar-refractivity contribution is -0.129. The fraction of sp³-hybridized carbons (Fsp3) is 0.300. The number of hydrogen-bond acceptors (Lipinski definition) is 3. The van der Waals surface area contributed by atoms with Crippen LogP contribution in [0.5, 0.6) is 5.75 Å². The molecule has 0 saturated heterocycles. The second-order valence-electron chi connectivity index (χ2n) is 5.94. The first kappa shape index (κ1) is 19.4. The van der Waals surface area contributed by atoms with Gasteiger partial charge >= 0.3 is 0 Å². The highest BCUT2D eigenvalue weighted by Crippen LogP contribution is 2.16. The molecule has 1 unspecified atom stereocenters. The van der Waals surface area contributed by atoms with E-state index in [1.165, 1.54) is 31.2 Å². The summed E-state index contributed by atoms with van der Waals surface area (Å²) >= 11 is 0. The van der Waals surface area contributed by atoms with Gasteiger partial charge in [-0.3, -0.25) is 9.59 Å². The fourth-order valence-electron chi connectivity index (χ4n) is 2.43. The smallest absolute Gasteiger partial charge is 0.265 e. The number of carbonyl (C=O) groups is 2. The predicted octanol–water partition coefficient (Wildman–Crippen LogP) is 3.60. The molecule has 0 aromatic heterocycles.